The number of esters is 1. The van der Waals surface area contributed by atoms with E-state index in [2.05, 4.69) is 5.32 Å². The van der Waals surface area contributed by atoms with Crippen LogP contribution >= 0.6 is 11.6 Å². The van der Waals surface area contributed by atoms with Crippen molar-refractivity contribution in [1.29, 1.82) is 0 Å². The molecule has 0 radical (unpaired) electrons. The number of hydrogen-bond acceptors (Lipinski definition) is 5. The molecule has 36 heavy (non-hydrogen) atoms. The molecule has 0 fully saturated rings. The first-order valence-electron chi connectivity index (χ1n) is 11.6. The highest BCUT2D eigenvalue weighted by Gasteiger charge is 2.37. The van der Waals surface area contributed by atoms with E-state index in [0.717, 1.165) is 22.3 Å². The average Bonchev–Trinajstić information content (AvgIpc) is 2.90. The van der Waals surface area contributed by atoms with Crippen LogP contribution in [0.3, 0.4) is 0 Å². The van der Waals surface area contributed by atoms with Gasteiger partial charge >= 0.3 is 12.1 Å². The Bertz CT molecular complexity index is 1230. The Morgan fingerprint density at radius 1 is 0.972 bits per heavy atom. The fourth-order valence-electron chi connectivity index (χ4n) is 4.25. The van der Waals surface area contributed by atoms with Crippen molar-refractivity contribution in [3.05, 3.63) is 106 Å². The maximum atomic E-state index is 13.5. The minimum absolute atomic E-state index is 0.0890. The van der Waals surface area contributed by atoms with Crippen molar-refractivity contribution in [1.82, 2.24) is 10.2 Å². The van der Waals surface area contributed by atoms with E-state index in [1.165, 1.54) is 12.0 Å². The summed E-state index contributed by atoms with van der Waals surface area (Å²) in [6, 6.07) is 22.2. The topological polar surface area (TPSA) is 84.9 Å². The Morgan fingerprint density at radius 3 is 2.39 bits per heavy atom. The van der Waals surface area contributed by atoms with Crippen molar-refractivity contribution in [2.75, 3.05) is 7.11 Å². The lowest BCUT2D eigenvalue weighted by molar-refractivity contribution is -0.145. The van der Waals surface area contributed by atoms with Gasteiger partial charge in [0.2, 0.25) is 5.91 Å². The molecule has 0 aliphatic carbocycles. The van der Waals surface area contributed by atoms with E-state index < -0.39 is 30.1 Å². The molecule has 1 N–H and O–H groups in total. The summed E-state index contributed by atoms with van der Waals surface area (Å²) < 4.78 is 10.5. The monoisotopic (exact) mass is 506 g/mol. The summed E-state index contributed by atoms with van der Waals surface area (Å²) in [5.74, 6) is -1.05. The number of hydrogen-bond donors (Lipinski definition) is 1. The van der Waals surface area contributed by atoms with Crippen LogP contribution in [-0.2, 0) is 45.1 Å². The van der Waals surface area contributed by atoms with Gasteiger partial charge in [0, 0.05) is 17.9 Å². The zero-order valence-electron chi connectivity index (χ0n) is 19.9. The predicted molar refractivity (Wildman–Crippen MR) is 135 cm³/mol. The molecular formula is C28H27ClN2O5. The van der Waals surface area contributed by atoms with E-state index in [9.17, 15) is 14.4 Å². The van der Waals surface area contributed by atoms with Crippen LogP contribution in [0.4, 0.5) is 4.79 Å². The molecule has 2 atom stereocenters. The number of carbonyl (C=O) groups excluding carboxylic acids is 3. The van der Waals surface area contributed by atoms with Gasteiger partial charge in [-0.15, -0.1) is 0 Å². The van der Waals surface area contributed by atoms with Gasteiger partial charge in [0.05, 0.1) is 13.7 Å². The standard InChI is InChI=1S/C28H27ClN2O5/c1-35-27(33)24(15-20-10-7-13-23(29)14-20)30-26(32)25-16-21-11-5-6-12-22(21)17-31(25)28(34)36-18-19-8-3-2-4-9-19/h2-14,24-25H,15-18H2,1H3,(H,30,32)/t24-,25-/m0/s1. The number of nitrogens with zero attached hydrogens (tertiary/aromatic N) is 1. The van der Waals surface area contributed by atoms with Crippen molar-refractivity contribution >= 4 is 29.6 Å². The van der Waals surface area contributed by atoms with E-state index in [1.54, 1.807) is 18.2 Å². The third kappa shape index (κ3) is 6.23. The first-order valence-corrected chi connectivity index (χ1v) is 12.0. The van der Waals surface area contributed by atoms with Crippen molar-refractivity contribution < 1.29 is 23.9 Å². The summed E-state index contributed by atoms with van der Waals surface area (Å²) in [6.07, 6.45) is -0.105. The second kappa shape index (κ2) is 11.7. The van der Waals surface area contributed by atoms with Gasteiger partial charge in [0.1, 0.15) is 18.7 Å². The number of carbonyl (C=O) groups is 3. The number of amides is 2. The second-order valence-corrected chi connectivity index (χ2v) is 9.01. The van der Waals surface area contributed by atoms with Crippen LogP contribution in [-0.4, -0.2) is 42.1 Å². The largest absolute Gasteiger partial charge is 0.467 e. The second-order valence-electron chi connectivity index (χ2n) is 8.58. The molecule has 0 unspecified atom stereocenters. The summed E-state index contributed by atoms with van der Waals surface area (Å²) in [6.45, 7) is 0.310. The number of ether oxygens (including phenoxy) is 2. The van der Waals surface area contributed by atoms with Gasteiger partial charge in [-0.25, -0.2) is 9.59 Å². The predicted octanol–water partition coefficient (Wildman–Crippen LogP) is 4.30. The van der Waals surface area contributed by atoms with Gasteiger partial charge in [-0.2, -0.15) is 0 Å². The normalized spacial score (nSPS) is 15.4. The van der Waals surface area contributed by atoms with Crippen molar-refractivity contribution in [3.8, 4) is 0 Å². The fourth-order valence-corrected chi connectivity index (χ4v) is 4.47. The molecule has 186 valence electrons. The first kappa shape index (κ1) is 25.3. The van der Waals surface area contributed by atoms with Crippen LogP contribution in [0, 0.1) is 0 Å². The lowest BCUT2D eigenvalue weighted by Gasteiger charge is -2.35. The summed E-state index contributed by atoms with van der Waals surface area (Å²) in [4.78, 5) is 40.5. The van der Waals surface area contributed by atoms with E-state index in [1.807, 2.05) is 60.7 Å². The molecule has 2 amide bonds. The van der Waals surface area contributed by atoms with Crippen LogP contribution in [0.15, 0.2) is 78.9 Å². The van der Waals surface area contributed by atoms with Crippen molar-refractivity contribution in [2.24, 2.45) is 0 Å². The number of fused-ring (bicyclic) bond motifs is 1. The maximum absolute atomic E-state index is 13.5. The summed E-state index contributed by atoms with van der Waals surface area (Å²) in [7, 11) is 1.27. The maximum Gasteiger partial charge on any atom is 0.411 e. The fraction of sp³-hybridized carbons (Fsp3) is 0.250. The minimum Gasteiger partial charge on any atom is -0.467 e. The van der Waals surface area contributed by atoms with Gasteiger partial charge in [-0.1, -0.05) is 78.3 Å². The molecule has 7 nitrogen and oxygen atoms in total. The van der Waals surface area contributed by atoms with Gasteiger partial charge in [-0.3, -0.25) is 9.69 Å². The van der Waals surface area contributed by atoms with Gasteiger partial charge in [0.15, 0.2) is 0 Å². The number of nitrogens with one attached hydrogen (secondary N) is 1. The Morgan fingerprint density at radius 2 is 1.67 bits per heavy atom. The molecule has 1 aliphatic rings. The lowest BCUT2D eigenvalue weighted by Crippen LogP contribution is -2.56. The van der Waals surface area contributed by atoms with E-state index in [-0.39, 0.29) is 19.6 Å². The Balaban J connectivity index is 1.53. The van der Waals surface area contributed by atoms with E-state index in [0.29, 0.717) is 11.4 Å². The highest BCUT2D eigenvalue weighted by molar-refractivity contribution is 6.30. The van der Waals surface area contributed by atoms with Crippen LogP contribution in [0.25, 0.3) is 0 Å². The molecule has 3 aromatic rings. The molecule has 3 aromatic carbocycles. The molecule has 8 heteroatoms. The molecule has 0 aromatic heterocycles. The third-order valence-corrected chi connectivity index (χ3v) is 6.36. The first-order chi connectivity index (χ1) is 17.4. The molecule has 0 saturated carbocycles. The highest BCUT2D eigenvalue weighted by atomic mass is 35.5. The molecule has 0 saturated heterocycles. The lowest BCUT2D eigenvalue weighted by atomic mass is 9.93. The van der Waals surface area contributed by atoms with Crippen LogP contribution in [0.1, 0.15) is 22.3 Å². The molecule has 4 rings (SSSR count). The zero-order valence-corrected chi connectivity index (χ0v) is 20.6. The van der Waals surface area contributed by atoms with Gasteiger partial charge in [-0.05, 0) is 34.4 Å². The van der Waals surface area contributed by atoms with Gasteiger partial charge in [0.25, 0.3) is 0 Å². The molecule has 0 spiro atoms. The van der Waals surface area contributed by atoms with Crippen molar-refractivity contribution in [2.45, 2.75) is 38.1 Å². The highest BCUT2D eigenvalue weighted by Crippen LogP contribution is 2.25. The number of rotatable bonds is 7. The minimum atomic E-state index is -0.944. The quantitative estimate of drug-likeness (QED) is 0.483. The SMILES string of the molecule is COC(=O)[C@H](Cc1cccc(Cl)c1)NC(=O)[C@@H]1Cc2ccccc2CN1C(=O)OCc1ccccc1. The Hall–Kier alpha value is -3.84. The van der Waals surface area contributed by atoms with Crippen LogP contribution < -0.4 is 5.32 Å². The molecule has 1 aliphatic heterocycles. The zero-order chi connectivity index (χ0) is 25.5. The third-order valence-electron chi connectivity index (χ3n) is 6.12. The summed E-state index contributed by atoms with van der Waals surface area (Å²) >= 11 is 6.08. The molecular weight excluding hydrogens is 480 g/mol. The average molecular weight is 507 g/mol. The Labute approximate surface area is 215 Å². The Kier molecular flexibility index (Phi) is 8.23. The smallest absolute Gasteiger partial charge is 0.411 e. The summed E-state index contributed by atoms with van der Waals surface area (Å²) in [5.41, 5.74) is 3.53. The number of halogens is 1. The van der Waals surface area contributed by atoms with Crippen LogP contribution in [0.2, 0.25) is 5.02 Å². The van der Waals surface area contributed by atoms with Crippen molar-refractivity contribution in [3.63, 3.8) is 0 Å². The van der Waals surface area contributed by atoms with E-state index in [4.69, 9.17) is 21.1 Å². The number of benzene rings is 3. The van der Waals surface area contributed by atoms with E-state index >= 15 is 0 Å². The molecule has 1 heterocycles. The van der Waals surface area contributed by atoms with Gasteiger partial charge < -0.3 is 14.8 Å². The molecule has 0 bridgehead atoms. The number of methoxy groups -OCH3 is 1. The van der Waals surface area contributed by atoms with Crippen LogP contribution in [0.5, 0.6) is 0 Å². The summed E-state index contributed by atoms with van der Waals surface area (Å²) in [5, 5.41) is 3.32.